The van der Waals surface area contributed by atoms with E-state index in [1.165, 1.54) is 18.2 Å². The van der Waals surface area contributed by atoms with Crippen LogP contribution in [0, 0.1) is 3.57 Å². The summed E-state index contributed by atoms with van der Waals surface area (Å²) in [6, 6.07) is 8.59. The van der Waals surface area contributed by atoms with E-state index in [0.717, 1.165) is 15.3 Å². The fraction of sp³-hybridized carbons (Fsp3) is 0.455. The molecule has 0 radical (unpaired) electrons. The summed E-state index contributed by atoms with van der Waals surface area (Å²) < 4.78 is 12.5. The highest BCUT2D eigenvalue weighted by Crippen LogP contribution is 2.29. The first kappa shape index (κ1) is 26.8. The standard InChI is InChI=1S/C22H32IN5O4Si/c1-22(2,3)32-21(29)28(4)20-26-18(25-16-10-8-15(23)9-11-16)17(14-24-30)19(27-20)31-12-13-33(5,6)7/h8-11,14,30H,12-13H2,1-7H3,(H,25,26,27)/b24-14+. The number of nitrogens with one attached hydrogen (secondary N) is 1. The Morgan fingerprint density at radius 3 is 2.42 bits per heavy atom. The van der Waals surface area contributed by atoms with E-state index in [4.69, 9.17) is 9.47 Å². The maximum Gasteiger partial charge on any atom is 0.416 e. The molecule has 1 heterocycles. The van der Waals surface area contributed by atoms with Gasteiger partial charge in [-0.2, -0.15) is 9.97 Å². The lowest BCUT2D eigenvalue weighted by Gasteiger charge is -2.24. The number of carbonyl (C=O) groups excluding carboxylic acids is 1. The van der Waals surface area contributed by atoms with Crippen LogP contribution in [-0.2, 0) is 4.74 Å². The molecule has 33 heavy (non-hydrogen) atoms. The molecule has 9 nitrogen and oxygen atoms in total. The van der Waals surface area contributed by atoms with Crippen molar-refractivity contribution in [1.29, 1.82) is 0 Å². The van der Waals surface area contributed by atoms with Gasteiger partial charge in [-0.05, 0) is 73.7 Å². The largest absolute Gasteiger partial charge is 0.477 e. The summed E-state index contributed by atoms with van der Waals surface area (Å²) in [5, 5.41) is 15.7. The molecule has 2 N–H and O–H groups in total. The number of halogens is 1. The molecule has 0 saturated carbocycles. The van der Waals surface area contributed by atoms with Crippen molar-refractivity contribution >= 4 is 60.4 Å². The Kier molecular flexibility index (Phi) is 9.06. The van der Waals surface area contributed by atoms with Crippen molar-refractivity contribution in [2.75, 3.05) is 23.9 Å². The minimum atomic E-state index is -1.36. The zero-order valence-corrected chi connectivity index (χ0v) is 23.3. The van der Waals surface area contributed by atoms with E-state index in [-0.39, 0.29) is 11.8 Å². The van der Waals surface area contributed by atoms with Crippen molar-refractivity contribution in [2.45, 2.75) is 52.1 Å². The van der Waals surface area contributed by atoms with Crippen LogP contribution < -0.4 is 15.0 Å². The lowest BCUT2D eigenvalue weighted by Crippen LogP contribution is -2.35. The molecule has 180 valence electrons. The second kappa shape index (κ2) is 11.1. The highest BCUT2D eigenvalue weighted by atomic mass is 127. The van der Waals surface area contributed by atoms with E-state index >= 15 is 0 Å². The highest BCUT2D eigenvalue weighted by molar-refractivity contribution is 14.1. The first-order valence-corrected chi connectivity index (χ1v) is 15.3. The Hall–Kier alpha value is -2.41. The molecule has 0 spiro atoms. The second-order valence-corrected chi connectivity index (χ2v) is 16.5. The predicted octanol–water partition coefficient (Wildman–Crippen LogP) is 5.72. The number of nitrogens with zero attached hydrogens (tertiary/aromatic N) is 4. The van der Waals surface area contributed by atoms with Gasteiger partial charge in [0.2, 0.25) is 11.8 Å². The van der Waals surface area contributed by atoms with Gasteiger partial charge in [-0.1, -0.05) is 24.8 Å². The number of hydrogen-bond donors (Lipinski definition) is 2. The van der Waals surface area contributed by atoms with Crippen LogP contribution in [0.15, 0.2) is 29.4 Å². The van der Waals surface area contributed by atoms with Crippen molar-refractivity contribution in [2.24, 2.45) is 5.16 Å². The van der Waals surface area contributed by atoms with Gasteiger partial charge in [0.15, 0.2) is 0 Å². The number of amides is 1. The Morgan fingerprint density at radius 2 is 1.88 bits per heavy atom. The fourth-order valence-corrected chi connectivity index (χ4v) is 3.58. The quantitative estimate of drug-likeness (QED) is 0.134. The van der Waals surface area contributed by atoms with Gasteiger partial charge >= 0.3 is 6.09 Å². The summed E-state index contributed by atoms with van der Waals surface area (Å²) in [4.78, 5) is 22.8. The van der Waals surface area contributed by atoms with Crippen molar-refractivity contribution in [1.82, 2.24) is 9.97 Å². The summed E-state index contributed by atoms with van der Waals surface area (Å²) in [7, 11) is 0.172. The van der Waals surface area contributed by atoms with Crippen LogP contribution in [0.2, 0.25) is 25.7 Å². The van der Waals surface area contributed by atoms with Gasteiger partial charge in [0, 0.05) is 24.4 Å². The van der Waals surface area contributed by atoms with Crippen LogP contribution in [0.25, 0.3) is 0 Å². The maximum atomic E-state index is 12.6. The van der Waals surface area contributed by atoms with Gasteiger partial charge in [0.05, 0.1) is 12.8 Å². The van der Waals surface area contributed by atoms with Crippen LogP contribution in [0.3, 0.4) is 0 Å². The molecule has 2 aromatic rings. The highest BCUT2D eigenvalue weighted by Gasteiger charge is 2.25. The fourth-order valence-electron chi connectivity index (χ4n) is 2.50. The van der Waals surface area contributed by atoms with Crippen LogP contribution in [0.5, 0.6) is 5.88 Å². The molecule has 11 heteroatoms. The van der Waals surface area contributed by atoms with E-state index in [9.17, 15) is 10.0 Å². The molecule has 2 rings (SSSR count). The molecule has 0 unspecified atom stereocenters. The van der Waals surface area contributed by atoms with Crippen LogP contribution in [0.1, 0.15) is 26.3 Å². The van der Waals surface area contributed by atoms with Gasteiger partial charge in [0.1, 0.15) is 17.0 Å². The molecule has 0 aliphatic rings. The summed E-state index contributed by atoms with van der Waals surface area (Å²) >= 11 is 2.22. The Bertz CT molecular complexity index is 988. The number of oxime groups is 1. The van der Waals surface area contributed by atoms with Gasteiger partial charge < -0.3 is 20.0 Å². The number of carbonyl (C=O) groups is 1. The zero-order chi connectivity index (χ0) is 24.8. The first-order valence-electron chi connectivity index (χ1n) is 10.5. The van der Waals surface area contributed by atoms with Gasteiger partial charge in [-0.25, -0.2) is 9.69 Å². The minimum absolute atomic E-state index is 0.0929. The average Bonchev–Trinajstić information content (AvgIpc) is 2.69. The Labute approximate surface area is 209 Å². The number of anilines is 3. The van der Waals surface area contributed by atoms with Gasteiger partial charge in [0.25, 0.3) is 0 Å². The molecule has 0 aliphatic heterocycles. The van der Waals surface area contributed by atoms with Crippen LogP contribution in [0.4, 0.5) is 22.2 Å². The van der Waals surface area contributed by atoms with E-state index in [1.54, 1.807) is 20.8 Å². The number of rotatable bonds is 8. The number of ether oxygens (including phenoxy) is 2. The third-order valence-electron chi connectivity index (χ3n) is 4.25. The monoisotopic (exact) mass is 585 g/mol. The van der Waals surface area contributed by atoms with Crippen molar-refractivity contribution < 1.29 is 19.5 Å². The predicted molar refractivity (Wildman–Crippen MR) is 142 cm³/mol. The van der Waals surface area contributed by atoms with E-state index in [0.29, 0.717) is 18.0 Å². The summed E-state index contributed by atoms with van der Waals surface area (Å²) in [5.41, 5.74) is 0.460. The smallest absolute Gasteiger partial charge is 0.416 e. The number of hydrogen-bond acceptors (Lipinski definition) is 8. The minimum Gasteiger partial charge on any atom is -0.477 e. The number of benzene rings is 1. The third-order valence-corrected chi connectivity index (χ3v) is 6.67. The second-order valence-electron chi connectivity index (χ2n) is 9.67. The van der Waals surface area contributed by atoms with E-state index < -0.39 is 19.8 Å². The van der Waals surface area contributed by atoms with Crippen LogP contribution in [-0.4, -0.2) is 54.8 Å². The lowest BCUT2D eigenvalue weighted by atomic mass is 10.2. The topological polar surface area (TPSA) is 109 Å². The van der Waals surface area contributed by atoms with Crippen LogP contribution >= 0.6 is 22.6 Å². The van der Waals surface area contributed by atoms with E-state index in [1.807, 2.05) is 24.3 Å². The van der Waals surface area contributed by atoms with Crippen molar-refractivity contribution in [3.05, 3.63) is 33.4 Å². The molecule has 0 saturated heterocycles. The molecule has 0 fully saturated rings. The molecule has 0 bridgehead atoms. The summed E-state index contributed by atoms with van der Waals surface area (Å²) in [5.74, 6) is 0.632. The SMILES string of the molecule is CN(C(=O)OC(C)(C)C)c1nc(Nc2ccc(I)cc2)c(/C=N/O)c(OCC[Si](C)(C)C)n1. The molecular weight excluding hydrogens is 553 g/mol. The normalized spacial score (nSPS) is 12.0. The number of aromatic nitrogens is 2. The van der Waals surface area contributed by atoms with Gasteiger partial charge in [-0.15, -0.1) is 0 Å². The molecule has 1 aromatic heterocycles. The first-order chi connectivity index (χ1) is 15.3. The molecule has 1 aromatic carbocycles. The lowest BCUT2D eigenvalue weighted by molar-refractivity contribution is 0.0587. The summed E-state index contributed by atoms with van der Waals surface area (Å²) in [6.45, 7) is 12.5. The molecule has 0 aliphatic carbocycles. The van der Waals surface area contributed by atoms with E-state index in [2.05, 4.69) is 62.7 Å². The molecule has 0 atom stereocenters. The van der Waals surface area contributed by atoms with Gasteiger partial charge in [-0.3, -0.25) is 0 Å². The average molecular weight is 586 g/mol. The Balaban J connectivity index is 2.50. The van der Waals surface area contributed by atoms with Crippen molar-refractivity contribution in [3.8, 4) is 5.88 Å². The molecule has 1 amide bonds. The molecular formula is C22H32IN5O4Si. The summed E-state index contributed by atoms with van der Waals surface area (Å²) in [6.07, 6.45) is 0.621. The zero-order valence-electron chi connectivity index (χ0n) is 20.1. The van der Waals surface area contributed by atoms with Crippen molar-refractivity contribution in [3.63, 3.8) is 0 Å². The maximum absolute atomic E-state index is 12.6. The Morgan fingerprint density at radius 1 is 1.24 bits per heavy atom. The third kappa shape index (κ3) is 8.80.